The number of rotatable bonds is 2. The second-order valence-corrected chi connectivity index (χ2v) is 3.66. The predicted molar refractivity (Wildman–Crippen MR) is 65.8 cm³/mol. The maximum Gasteiger partial charge on any atom is 0.490 e. The summed E-state index contributed by atoms with van der Waals surface area (Å²) in [4.78, 5) is 19.7. The van der Waals surface area contributed by atoms with Gasteiger partial charge in [-0.05, 0) is 30.3 Å². The number of amides is 1. The largest absolute Gasteiger partial charge is 0.490 e. The molecule has 112 valence electrons. The molecule has 0 fully saturated rings. The Balaban J connectivity index is 0.000000270. The van der Waals surface area contributed by atoms with E-state index in [1.165, 1.54) is 0 Å². The molecule has 1 aromatic carbocycles. The fourth-order valence-corrected chi connectivity index (χ4v) is 1.20. The fraction of sp³-hybridized carbons (Fsp3) is 0.0833. The minimum Gasteiger partial charge on any atom is -0.475 e. The number of carboxylic acid groups (broad SMARTS) is 1. The zero-order valence-electron chi connectivity index (χ0n) is 10.4. The number of benzene rings is 1. The minimum atomic E-state index is -5.08. The highest BCUT2D eigenvalue weighted by atomic mass is 19.4. The summed E-state index contributed by atoms with van der Waals surface area (Å²) >= 11 is 0. The van der Waals surface area contributed by atoms with Crippen molar-refractivity contribution in [2.75, 3.05) is 0 Å². The first-order valence-corrected chi connectivity index (χ1v) is 5.42. The van der Waals surface area contributed by atoms with Crippen LogP contribution in [0.4, 0.5) is 13.2 Å². The SMILES string of the molecule is NC(=O)c1ccc(-n2cccn2)cc1.O=C(O)C(F)(F)F. The van der Waals surface area contributed by atoms with Gasteiger partial charge in [0.2, 0.25) is 5.91 Å². The molecule has 0 aliphatic carbocycles. The molecule has 6 nitrogen and oxygen atoms in total. The molecule has 0 bridgehead atoms. The van der Waals surface area contributed by atoms with E-state index in [0.717, 1.165) is 5.69 Å². The lowest BCUT2D eigenvalue weighted by atomic mass is 10.2. The van der Waals surface area contributed by atoms with E-state index in [0.29, 0.717) is 5.56 Å². The Morgan fingerprint density at radius 2 is 1.71 bits per heavy atom. The van der Waals surface area contributed by atoms with Crippen LogP contribution in [-0.2, 0) is 4.79 Å². The van der Waals surface area contributed by atoms with Crippen molar-refractivity contribution in [2.24, 2.45) is 5.73 Å². The van der Waals surface area contributed by atoms with Gasteiger partial charge >= 0.3 is 12.1 Å². The highest BCUT2D eigenvalue weighted by Gasteiger charge is 2.38. The Morgan fingerprint density at radius 1 is 1.19 bits per heavy atom. The predicted octanol–water partition coefficient (Wildman–Crippen LogP) is 1.60. The second kappa shape index (κ2) is 6.55. The Morgan fingerprint density at radius 3 is 2.05 bits per heavy atom. The summed E-state index contributed by atoms with van der Waals surface area (Å²) < 4.78 is 33.4. The van der Waals surface area contributed by atoms with Gasteiger partial charge in [0.1, 0.15) is 0 Å². The van der Waals surface area contributed by atoms with Crippen LogP contribution in [0.25, 0.3) is 5.69 Å². The highest BCUT2D eigenvalue weighted by Crippen LogP contribution is 2.13. The van der Waals surface area contributed by atoms with Crippen molar-refractivity contribution in [1.29, 1.82) is 0 Å². The van der Waals surface area contributed by atoms with Gasteiger partial charge in [0.25, 0.3) is 0 Å². The van der Waals surface area contributed by atoms with E-state index in [1.54, 1.807) is 35.1 Å². The Labute approximate surface area is 116 Å². The van der Waals surface area contributed by atoms with E-state index in [9.17, 15) is 18.0 Å². The third-order valence-electron chi connectivity index (χ3n) is 2.16. The monoisotopic (exact) mass is 301 g/mol. The molecule has 0 saturated carbocycles. The van der Waals surface area contributed by atoms with E-state index in [4.69, 9.17) is 15.6 Å². The van der Waals surface area contributed by atoms with Gasteiger partial charge in [-0.3, -0.25) is 4.79 Å². The van der Waals surface area contributed by atoms with E-state index in [-0.39, 0.29) is 0 Å². The van der Waals surface area contributed by atoms with Gasteiger partial charge < -0.3 is 10.8 Å². The second-order valence-electron chi connectivity index (χ2n) is 3.66. The number of carboxylic acids is 1. The molecular formula is C12H10F3N3O3. The number of alkyl halides is 3. The van der Waals surface area contributed by atoms with Crippen LogP contribution in [0.1, 0.15) is 10.4 Å². The summed E-state index contributed by atoms with van der Waals surface area (Å²) in [5.41, 5.74) is 6.52. The number of carbonyl (C=O) groups is 2. The van der Waals surface area contributed by atoms with Gasteiger partial charge in [-0.2, -0.15) is 18.3 Å². The standard InChI is InChI=1S/C10H9N3O.C2HF3O2/c11-10(14)8-2-4-9(5-3-8)13-7-1-6-12-13;3-2(4,5)1(6)7/h1-7H,(H2,11,14);(H,6,7). The molecule has 2 aromatic rings. The molecule has 0 aliphatic rings. The van der Waals surface area contributed by atoms with Crippen LogP contribution in [0.2, 0.25) is 0 Å². The van der Waals surface area contributed by atoms with Crippen molar-refractivity contribution in [3.63, 3.8) is 0 Å². The molecule has 1 aromatic heterocycles. The normalized spacial score (nSPS) is 10.4. The van der Waals surface area contributed by atoms with Gasteiger partial charge in [-0.25, -0.2) is 9.48 Å². The lowest BCUT2D eigenvalue weighted by Crippen LogP contribution is -2.21. The van der Waals surface area contributed by atoms with Crippen molar-refractivity contribution in [2.45, 2.75) is 6.18 Å². The summed E-state index contributed by atoms with van der Waals surface area (Å²) in [6.07, 6.45) is -1.55. The fourth-order valence-electron chi connectivity index (χ4n) is 1.20. The van der Waals surface area contributed by atoms with Crippen molar-refractivity contribution >= 4 is 11.9 Å². The Bertz CT molecular complexity index is 607. The summed E-state index contributed by atoms with van der Waals surface area (Å²) in [6, 6.07) is 8.79. The molecule has 0 atom stereocenters. The number of halogens is 3. The lowest BCUT2D eigenvalue weighted by molar-refractivity contribution is -0.192. The number of hydrogen-bond acceptors (Lipinski definition) is 3. The molecule has 1 amide bonds. The number of aliphatic carboxylic acids is 1. The minimum absolute atomic E-state index is 0.419. The molecule has 0 aliphatic heterocycles. The molecule has 9 heteroatoms. The molecule has 0 radical (unpaired) electrons. The van der Waals surface area contributed by atoms with E-state index in [2.05, 4.69) is 5.10 Å². The van der Waals surface area contributed by atoms with Crippen molar-refractivity contribution in [3.8, 4) is 5.69 Å². The van der Waals surface area contributed by atoms with Crippen molar-refractivity contribution < 1.29 is 27.9 Å². The van der Waals surface area contributed by atoms with Crippen LogP contribution in [0, 0.1) is 0 Å². The summed E-state index contributed by atoms with van der Waals surface area (Å²) in [7, 11) is 0. The lowest BCUT2D eigenvalue weighted by Gasteiger charge is -2.01. The third kappa shape index (κ3) is 4.97. The van der Waals surface area contributed by atoms with Crippen LogP contribution in [0.15, 0.2) is 42.7 Å². The highest BCUT2D eigenvalue weighted by molar-refractivity contribution is 5.92. The molecule has 0 saturated heterocycles. The first kappa shape index (κ1) is 16.2. The number of primary amides is 1. The van der Waals surface area contributed by atoms with E-state index >= 15 is 0 Å². The van der Waals surface area contributed by atoms with Crippen LogP contribution in [-0.4, -0.2) is 32.9 Å². The molecule has 1 heterocycles. The van der Waals surface area contributed by atoms with Gasteiger partial charge in [0, 0.05) is 18.0 Å². The van der Waals surface area contributed by atoms with Crippen LogP contribution in [0.3, 0.4) is 0 Å². The molecule has 0 spiro atoms. The van der Waals surface area contributed by atoms with Crippen molar-refractivity contribution in [1.82, 2.24) is 9.78 Å². The zero-order valence-corrected chi connectivity index (χ0v) is 10.4. The summed E-state index contributed by atoms with van der Waals surface area (Å²) in [5.74, 6) is -3.18. The molecule has 2 rings (SSSR count). The van der Waals surface area contributed by atoms with E-state index < -0.39 is 18.1 Å². The average Bonchev–Trinajstić information content (AvgIpc) is 2.92. The third-order valence-corrected chi connectivity index (χ3v) is 2.16. The molecule has 21 heavy (non-hydrogen) atoms. The zero-order chi connectivity index (χ0) is 16.0. The first-order chi connectivity index (χ1) is 9.71. The Kier molecular flexibility index (Phi) is 5.06. The van der Waals surface area contributed by atoms with Gasteiger partial charge in [0.15, 0.2) is 0 Å². The summed E-state index contributed by atoms with van der Waals surface area (Å²) in [6.45, 7) is 0. The van der Waals surface area contributed by atoms with Gasteiger partial charge in [-0.1, -0.05) is 0 Å². The van der Waals surface area contributed by atoms with Crippen LogP contribution in [0.5, 0.6) is 0 Å². The topological polar surface area (TPSA) is 98.2 Å². The first-order valence-electron chi connectivity index (χ1n) is 5.42. The number of nitrogens with zero attached hydrogens (tertiary/aromatic N) is 2. The maximum atomic E-state index is 10.8. The quantitative estimate of drug-likeness (QED) is 0.880. The number of hydrogen-bond donors (Lipinski definition) is 2. The number of carbonyl (C=O) groups excluding carboxylic acids is 1. The Hall–Kier alpha value is -2.84. The molecular weight excluding hydrogens is 291 g/mol. The average molecular weight is 301 g/mol. The number of nitrogens with two attached hydrogens (primary N) is 1. The maximum absolute atomic E-state index is 10.8. The van der Waals surface area contributed by atoms with Crippen LogP contribution >= 0.6 is 0 Å². The van der Waals surface area contributed by atoms with Gasteiger partial charge in [0.05, 0.1) is 5.69 Å². The van der Waals surface area contributed by atoms with Gasteiger partial charge in [-0.15, -0.1) is 0 Å². The van der Waals surface area contributed by atoms with Crippen molar-refractivity contribution in [3.05, 3.63) is 48.3 Å². The summed E-state index contributed by atoms with van der Waals surface area (Å²) in [5, 5.41) is 11.2. The molecule has 0 unspecified atom stereocenters. The number of aromatic nitrogens is 2. The molecule has 3 N–H and O–H groups in total. The van der Waals surface area contributed by atoms with E-state index in [1.807, 2.05) is 12.3 Å². The van der Waals surface area contributed by atoms with Crippen LogP contribution < -0.4 is 5.73 Å². The smallest absolute Gasteiger partial charge is 0.475 e.